The predicted molar refractivity (Wildman–Crippen MR) is 110 cm³/mol. The molecule has 1 amide bonds. The second-order valence-corrected chi connectivity index (χ2v) is 7.33. The van der Waals surface area contributed by atoms with Crippen LogP contribution in [0.5, 0.6) is 0 Å². The van der Waals surface area contributed by atoms with E-state index in [1.54, 1.807) is 18.2 Å². The van der Waals surface area contributed by atoms with Crippen molar-refractivity contribution in [1.29, 1.82) is 0 Å². The monoisotopic (exact) mass is 395 g/mol. The van der Waals surface area contributed by atoms with E-state index in [2.05, 4.69) is 12.2 Å². The van der Waals surface area contributed by atoms with E-state index < -0.39 is 17.7 Å². The Kier molecular flexibility index (Phi) is 6.81. The number of methoxy groups -OCH3 is 1. The molecule has 2 aromatic rings. The molecule has 4 nitrogen and oxygen atoms in total. The highest BCUT2D eigenvalue weighted by atomic mass is 19.1. The molecule has 0 fully saturated rings. The Morgan fingerprint density at radius 2 is 1.86 bits per heavy atom. The van der Waals surface area contributed by atoms with Gasteiger partial charge in [-0.05, 0) is 42.5 Å². The smallest absolute Gasteiger partial charge is 0.313 e. The number of amides is 1. The number of carbonyl (C=O) groups is 2. The van der Waals surface area contributed by atoms with Crippen LogP contribution in [-0.4, -0.2) is 25.0 Å². The number of rotatable bonds is 7. The summed E-state index contributed by atoms with van der Waals surface area (Å²) >= 11 is 0. The van der Waals surface area contributed by atoms with Crippen LogP contribution in [0.1, 0.15) is 47.2 Å². The fourth-order valence-electron chi connectivity index (χ4n) is 3.83. The van der Waals surface area contributed by atoms with Crippen molar-refractivity contribution in [2.75, 3.05) is 7.11 Å². The number of benzene rings is 2. The van der Waals surface area contributed by atoms with Crippen LogP contribution in [0.25, 0.3) is 0 Å². The molecule has 0 bridgehead atoms. The van der Waals surface area contributed by atoms with Crippen LogP contribution < -0.4 is 5.32 Å². The molecule has 0 saturated heterocycles. The van der Waals surface area contributed by atoms with Gasteiger partial charge in [0.25, 0.3) is 5.91 Å². The van der Waals surface area contributed by atoms with E-state index in [9.17, 15) is 14.0 Å². The van der Waals surface area contributed by atoms with Crippen molar-refractivity contribution in [3.05, 3.63) is 83.2 Å². The van der Waals surface area contributed by atoms with E-state index in [1.807, 2.05) is 36.4 Å². The fraction of sp³-hybridized carbons (Fsp3) is 0.333. The molecule has 29 heavy (non-hydrogen) atoms. The molecule has 0 radical (unpaired) electrons. The highest BCUT2D eigenvalue weighted by Crippen LogP contribution is 2.35. The van der Waals surface area contributed by atoms with Crippen molar-refractivity contribution in [1.82, 2.24) is 5.32 Å². The van der Waals surface area contributed by atoms with Crippen molar-refractivity contribution >= 4 is 11.9 Å². The molecule has 3 rings (SSSR count). The molecule has 0 aromatic heterocycles. The molecule has 0 unspecified atom stereocenters. The van der Waals surface area contributed by atoms with Crippen LogP contribution in [0.15, 0.2) is 60.7 Å². The van der Waals surface area contributed by atoms with E-state index in [0.29, 0.717) is 17.5 Å². The SMILES string of the molecule is CCCc1ccc(C(=O)N[C@@H]2C=C[C@H]([C@@H](C(=O)OC)c3ccccc3F)C2)cc1. The maximum Gasteiger partial charge on any atom is 0.313 e. The molecular weight excluding hydrogens is 369 g/mol. The fourth-order valence-corrected chi connectivity index (χ4v) is 3.83. The number of aryl methyl sites for hydroxylation is 1. The summed E-state index contributed by atoms with van der Waals surface area (Å²) in [6.07, 6.45) is 6.28. The lowest BCUT2D eigenvalue weighted by Gasteiger charge is -2.22. The van der Waals surface area contributed by atoms with Gasteiger partial charge in [-0.2, -0.15) is 0 Å². The molecule has 1 aliphatic rings. The average Bonchev–Trinajstić information content (AvgIpc) is 3.18. The van der Waals surface area contributed by atoms with Crippen molar-refractivity contribution < 1.29 is 18.7 Å². The molecule has 152 valence electrons. The molecular formula is C24H26FNO3. The molecule has 3 atom stereocenters. The molecule has 0 heterocycles. The van der Waals surface area contributed by atoms with Gasteiger partial charge in [-0.3, -0.25) is 9.59 Å². The van der Waals surface area contributed by atoms with Crippen molar-refractivity contribution in [3.63, 3.8) is 0 Å². The van der Waals surface area contributed by atoms with Crippen LogP contribution in [0.2, 0.25) is 0 Å². The lowest BCUT2D eigenvalue weighted by atomic mass is 9.85. The third kappa shape index (κ3) is 4.91. The molecule has 0 aliphatic heterocycles. The minimum Gasteiger partial charge on any atom is -0.469 e. The number of carbonyl (C=O) groups excluding carboxylic acids is 2. The highest BCUT2D eigenvalue weighted by Gasteiger charge is 2.35. The van der Waals surface area contributed by atoms with Gasteiger partial charge >= 0.3 is 5.97 Å². The number of esters is 1. The number of allylic oxidation sites excluding steroid dienone is 1. The number of hydrogen-bond donors (Lipinski definition) is 1. The van der Waals surface area contributed by atoms with Gasteiger partial charge in [0.1, 0.15) is 5.82 Å². The van der Waals surface area contributed by atoms with E-state index in [4.69, 9.17) is 4.74 Å². The second-order valence-electron chi connectivity index (χ2n) is 7.33. The Bertz CT molecular complexity index is 891. The molecule has 1 aliphatic carbocycles. The maximum absolute atomic E-state index is 14.3. The molecule has 0 spiro atoms. The zero-order valence-electron chi connectivity index (χ0n) is 16.7. The van der Waals surface area contributed by atoms with Crippen LogP contribution in [0.4, 0.5) is 4.39 Å². The third-order valence-electron chi connectivity index (χ3n) is 5.31. The number of halogens is 1. The van der Waals surface area contributed by atoms with Crippen LogP contribution in [-0.2, 0) is 16.0 Å². The summed E-state index contributed by atoms with van der Waals surface area (Å²) in [6, 6.07) is 13.6. The summed E-state index contributed by atoms with van der Waals surface area (Å²) in [7, 11) is 1.30. The standard InChI is InChI=1S/C24H26FNO3/c1-3-6-16-9-11-17(12-10-16)23(27)26-19-14-13-18(15-19)22(24(28)29-2)20-7-4-5-8-21(20)25/h4-5,7-14,18-19,22H,3,6,15H2,1-2H3,(H,26,27)/t18-,19+,22+/m0/s1. The van der Waals surface area contributed by atoms with Gasteiger partial charge in [-0.25, -0.2) is 4.39 Å². The number of ether oxygens (including phenoxy) is 1. The minimum atomic E-state index is -0.743. The third-order valence-corrected chi connectivity index (χ3v) is 5.31. The molecule has 0 saturated carbocycles. The Balaban J connectivity index is 1.68. The van der Waals surface area contributed by atoms with Gasteiger partial charge in [0.15, 0.2) is 0 Å². The largest absolute Gasteiger partial charge is 0.469 e. The first-order valence-corrected chi connectivity index (χ1v) is 9.93. The number of nitrogens with one attached hydrogen (secondary N) is 1. The van der Waals surface area contributed by atoms with E-state index >= 15 is 0 Å². The van der Waals surface area contributed by atoms with Crippen LogP contribution in [0, 0.1) is 11.7 Å². The Hall–Kier alpha value is -2.95. The summed E-state index contributed by atoms with van der Waals surface area (Å²) in [4.78, 5) is 24.9. The summed E-state index contributed by atoms with van der Waals surface area (Å²) < 4.78 is 19.2. The molecule has 5 heteroatoms. The first-order valence-electron chi connectivity index (χ1n) is 9.93. The van der Waals surface area contributed by atoms with Gasteiger partial charge in [-0.1, -0.05) is 55.8 Å². The zero-order chi connectivity index (χ0) is 20.8. The topological polar surface area (TPSA) is 55.4 Å². The van der Waals surface area contributed by atoms with Gasteiger partial charge in [0.2, 0.25) is 0 Å². The summed E-state index contributed by atoms with van der Waals surface area (Å²) in [5, 5.41) is 2.98. The van der Waals surface area contributed by atoms with E-state index in [1.165, 1.54) is 18.7 Å². The minimum absolute atomic E-state index is 0.163. The predicted octanol–water partition coefficient (Wildman–Crippen LogP) is 4.41. The zero-order valence-corrected chi connectivity index (χ0v) is 16.7. The lowest BCUT2D eigenvalue weighted by Crippen LogP contribution is -2.33. The van der Waals surface area contributed by atoms with Crippen molar-refractivity contribution in [3.8, 4) is 0 Å². The van der Waals surface area contributed by atoms with Crippen LogP contribution in [0.3, 0.4) is 0 Å². The van der Waals surface area contributed by atoms with Crippen molar-refractivity contribution in [2.24, 2.45) is 5.92 Å². The Morgan fingerprint density at radius 1 is 1.14 bits per heavy atom. The summed E-state index contributed by atoms with van der Waals surface area (Å²) in [6.45, 7) is 2.12. The molecule has 1 N–H and O–H groups in total. The summed E-state index contributed by atoms with van der Waals surface area (Å²) in [5.74, 6) is -2.08. The Morgan fingerprint density at radius 3 is 2.52 bits per heavy atom. The van der Waals surface area contributed by atoms with E-state index in [-0.39, 0.29) is 17.9 Å². The highest BCUT2D eigenvalue weighted by molar-refractivity contribution is 5.94. The second kappa shape index (κ2) is 9.50. The van der Waals surface area contributed by atoms with Gasteiger partial charge in [0.05, 0.1) is 13.0 Å². The Labute approximate surface area is 170 Å². The maximum atomic E-state index is 14.3. The summed E-state index contributed by atoms with van der Waals surface area (Å²) in [5.41, 5.74) is 2.11. The average molecular weight is 395 g/mol. The first kappa shape index (κ1) is 20.8. The normalized spacial score (nSPS) is 19.0. The van der Waals surface area contributed by atoms with E-state index in [0.717, 1.165) is 12.8 Å². The van der Waals surface area contributed by atoms with Crippen molar-refractivity contribution in [2.45, 2.75) is 38.1 Å². The van der Waals surface area contributed by atoms with Gasteiger partial charge in [0, 0.05) is 17.2 Å². The molecule has 2 aromatic carbocycles. The lowest BCUT2D eigenvalue weighted by molar-refractivity contribution is -0.143. The first-order chi connectivity index (χ1) is 14.0. The van der Waals surface area contributed by atoms with Gasteiger partial charge < -0.3 is 10.1 Å². The quantitative estimate of drug-likeness (QED) is 0.558. The number of hydrogen-bond acceptors (Lipinski definition) is 3. The van der Waals surface area contributed by atoms with Crippen LogP contribution >= 0.6 is 0 Å². The van der Waals surface area contributed by atoms with Gasteiger partial charge in [-0.15, -0.1) is 0 Å².